The summed E-state index contributed by atoms with van der Waals surface area (Å²) < 4.78 is 27.9. The minimum Gasteiger partial charge on any atom is -0.299 e. The average molecular weight is 324 g/mol. The van der Waals surface area contributed by atoms with E-state index >= 15 is 0 Å². The Morgan fingerprint density at radius 1 is 1.23 bits per heavy atom. The van der Waals surface area contributed by atoms with Gasteiger partial charge in [0.2, 0.25) is 10.0 Å². The molecule has 0 aliphatic carbocycles. The highest BCUT2D eigenvalue weighted by molar-refractivity contribution is 7.89. The summed E-state index contributed by atoms with van der Waals surface area (Å²) in [5.74, 6) is 0. The SMILES string of the molecule is CC[C@@H]1CCCCN1CC(C)(C)NS(=O)(=O)c1ccccc1. The van der Waals surface area contributed by atoms with Crippen LogP contribution in [0.3, 0.4) is 0 Å². The average Bonchev–Trinajstić information content (AvgIpc) is 2.47. The van der Waals surface area contributed by atoms with Gasteiger partial charge in [-0.2, -0.15) is 0 Å². The lowest BCUT2D eigenvalue weighted by atomic mass is 9.97. The highest BCUT2D eigenvalue weighted by Gasteiger charge is 2.31. The van der Waals surface area contributed by atoms with Crippen LogP contribution in [0.5, 0.6) is 0 Å². The van der Waals surface area contributed by atoms with Crippen molar-refractivity contribution in [3.63, 3.8) is 0 Å². The zero-order chi connectivity index (χ0) is 16.2. The van der Waals surface area contributed by atoms with Gasteiger partial charge >= 0.3 is 0 Å². The molecule has 1 aromatic carbocycles. The second-order valence-corrected chi connectivity index (χ2v) is 8.51. The first-order chi connectivity index (χ1) is 10.3. The van der Waals surface area contributed by atoms with Gasteiger partial charge in [-0.3, -0.25) is 4.90 Å². The van der Waals surface area contributed by atoms with Crippen molar-refractivity contribution in [2.24, 2.45) is 0 Å². The smallest absolute Gasteiger partial charge is 0.241 e. The third kappa shape index (κ3) is 4.54. The maximum atomic E-state index is 12.5. The van der Waals surface area contributed by atoms with E-state index in [0.29, 0.717) is 10.9 Å². The molecule has 1 atom stereocenters. The zero-order valence-corrected chi connectivity index (χ0v) is 14.7. The molecular weight excluding hydrogens is 296 g/mol. The molecule has 1 N–H and O–H groups in total. The van der Waals surface area contributed by atoms with Crippen molar-refractivity contribution in [3.05, 3.63) is 30.3 Å². The molecule has 1 aliphatic rings. The third-order valence-electron chi connectivity index (χ3n) is 4.28. The maximum Gasteiger partial charge on any atom is 0.241 e. The number of rotatable bonds is 6. The van der Waals surface area contributed by atoms with Crippen molar-refractivity contribution in [2.75, 3.05) is 13.1 Å². The molecule has 1 fully saturated rings. The monoisotopic (exact) mass is 324 g/mol. The van der Waals surface area contributed by atoms with Crippen LogP contribution in [0, 0.1) is 0 Å². The molecule has 1 saturated heterocycles. The molecule has 1 heterocycles. The first-order valence-corrected chi connectivity index (χ1v) is 9.65. The van der Waals surface area contributed by atoms with Crippen LogP contribution in [0.4, 0.5) is 0 Å². The van der Waals surface area contributed by atoms with Crippen LogP contribution in [0.25, 0.3) is 0 Å². The van der Waals surface area contributed by atoms with E-state index in [2.05, 4.69) is 16.5 Å². The van der Waals surface area contributed by atoms with E-state index < -0.39 is 15.6 Å². The lowest BCUT2D eigenvalue weighted by Crippen LogP contribution is -2.54. The predicted molar refractivity (Wildman–Crippen MR) is 90.3 cm³/mol. The van der Waals surface area contributed by atoms with Crippen LogP contribution in [-0.2, 0) is 10.0 Å². The molecular formula is C17H28N2O2S. The van der Waals surface area contributed by atoms with Gasteiger partial charge in [-0.25, -0.2) is 13.1 Å². The molecule has 0 spiro atoms. The molecule has 22 heavy (non-hydrogen) atoms. The summed E-state index contributed by atoms with van der Waals surface area (Å²) in [5.41, 5.74) is -0.487. The van der Waals surface area contributed by atoms with Crippen LogP contribution in [0.15, 0.2) is 35.2 Å². The van der Waals surface area contributed by atoms with E-state index in [9.17, 15) is 8.42 Å². The fraction of sp³-hybridized carbons (Fsp3) is 0.647. The Morgan fingerprint density at radius 2 is 1.91 bits per heavy atom. The van der Waals surface area contributed by atoms with Crippen LogP contribution in [0.1, 0.15) is 46.5 Å². The minimum absolute atomic E-state index is 0.328. The van der Waals surface area contributed by atoms with E-state index in [4.69, 9.17) is 0 Å². The highest BCUT2D eigenvalue weighted by Crippen LogP contribution is 2.22. The van der Waals surface area contributed by atoms with Crippen molar-refractivity contribution >= 4 is 10.0 Å². The normalized spacial score (nSPS) is 21.0. The third-order valence-corrected chi connectivity index (χ3v) is 6.00. The summed E-state index contributed by atoms with van der Waals surface area (Å²) in [6, 6.07) is 9.17. The van der Waals surface area contributed by atoms with Crippen LogP contribution in [0.2, 0.25) is 0 Å². The number of nitrogens with one attached hydrogen (secondary N) is 1. The topological polar surface area (TPSA) is 49.4 Å². The minimum atomic E-state index is -3.47. The number of hydrogen-bond acceptors (Lipinski definition) is 3. The van der Waals surface area contributed by atoms with Gasteiger partial charge in [0.05, 0.1) is 4.90 Å². The largest absolute Gasteiger partial charge is 0.299 e. The van der Waals surface area contributed by atoms with Crippen molar-refractivity contribution in [2.45, 2.75) is 62.9 Å². The Kier molecular flexibility index (Phi) is 5.64. The van der Waals surface area contributed by atoms with E-state index in [0.717, 1.165) is 19.5 Å². The molecule has 5 heteroatoms. The number of nitrogens with zero attached hydrogens (tertiary/aromatic N) is 1. The first kappa shape index (κ1) is 17.4. The summed E-state index contributed by atoms with van der Waals surface area (Å²) in [7, 11) is -3.47. The van der Waals surface area contributed by atoms with Gasteiger partial charge in [-0.05, 0) is 51.8 Å². The Morgan fingerprint density at radius 3 is 2.55 bits per heavy atom. The van der Waals surface area contributed by atoms with Gasteiger partial charge in [0.1, 0.15) is 0 Å². The van der Waals surface area contributed by atoms with Crippen molar-refractivity contribution in [1.82, 2.24) is 9.62 Å². The van der Waals surface area contributed by atoms with E-state index in [-0.39, 0.29) is 0 Å². The van der Waals surface area contributed by atoms with E-state index in [1.54, 1.807) is 24.3 Å². The van der Waals surface area contributed by atoms with Crippen LogP contribution in [-0.4, -0.2) is 38.0 Å². The van der Waals surface area contributed by atoms with Crippen LogP contribution < -0.4 is 4.72 Å². The fourth-order valence-electron chi connectivity index (χ4n) is 3.29. The number of hydrogen-bond donors (Lipinski definition) is 1. The number of benzene rings is 1. The van der Waals surface area contributed by atoms with Crippen LogP contribution >= 0.6 is 0 Å². The Labute approximate surface area is 135 Å². The number of piperidine rings is 1. The summed E-state index contributed by atoms with van der Waals surface area (Å²) >= 11 is 0. The Hall–Kier alpha value is -0.910. The van der Waals surface area contributed by atoms with Gasteiger partial charge in [0.15, 0.2) is 0 Å². The molecule has 1 aliphatic heterocycles. The summed E-state index contributed by atoms with van der Waals surface area (Å²) in [4.78, 5) is 2.77. The maximum absolute atomic E-state index is 12.5. The van der Waals surface area contributed by atoms with Gasteiger partial charge in [0.25, 0.3) is 0 Å². The van der Waals surface area contributed by atoms with Gasteiger partial charge in [-0.15, -0.1) is 0 Å². The number of likely N-dealkylation sites (tertiary alicyclic amines) is 1. The molecule has 124 valence electrons. The lowest BCUT2D eigenvalue weighted by Gasteiger charge is -2.40. The van der Waals surface area contributed by atoms with Gasteiger partial charge in [-0.1, -0.05) is 31.5 Å². The molecule has 2 rings (SSSR count). The summed E-state index contributed by atoms with van der Waals surface area (Å²) in [6.07, 6.45) is 4.84. The fourth-order valence-corrected chi connectivity index (χ4v) is 4.72. The number of sulfonamides is 1. The highest BCUT2D eigenvalue weighted by atomic mass is 32.2. The predicted octanol–water partition coefficient (Wildman–Crippen LogP) is 3.01. The molecule has 0 amide bonds. The molecule has 0 radical (unpaired) electrons. The standard InChI is InChI=1S/C17H28N2O2S/c1-4-15-10-8-9-13-19(15)14-17(2,3)18-22(20,21)16-11-6-5-7-12-16/h5-7,11-12,15,18H,4,8-10,13-14H2,1-3H3/t15-/m1/s1. The first-order valence-electron chi connectivity index (χ1n) is 8.17. The molecule has 4 nitrogen and oxygen atoms in total. The lowest BCUT2D eigenvalue weighted by molar-refractivity contribution is 0.115. The second-order valence-electron chi connectivity index (χ2n) is 6.83. The van der Waals surface area contributed by atoms with Crippen molar-refractivity contribution in [3.8, 4) is 0 Å². The Bertz CT molecular complexity index is 570. The van der Waals surface area contributed by atoms with Gasteiger partial charge in [0, 0.05) is 18.1 Å². The molecule has 1 aromatic rings. The molecule has 0 aromatic heterocycles. The zero-order valence-electron chi connectivity index (χ0n) is 13.9. The van der Waals surface area contributed by atoms with E-state index in [1.165, 1.54) is 19.3 Å². The van der Waals surface area contributed by atoms with Gasteiger partial charge < -0.3 is 0 Å². The summed E-state index contributed by atoms with van der Waals surface area (Å²) in [5, 5.41) is 0. The van der Waals surface area contributed by atoms with E-state index in [1.807, 2.05) is 19.9 Å². The van der Waals surface area contributed by atoms with Crippen molar-refractivity contribution < 1.29 is 8.42 Å². The molecule has 0 bridgehead atoms. The quantitative estimate of drug-likeness (QED) is 0.875. The Balaban J connectivity index is 2.07. The second kappa shape index (κ2) is 7.11. The molecule has 0 saturated carbocycles. The molecule has 0 unspecified atom stereocenters. The summed E-state index contributed by atoms with van der Waals surface area (Å²) in [6.45, 7) is 7.96. The van der Waals surface area contributed by atoms with Crippen molar-refractivity contribution in [1.29, 1.82) is 0 Å².